The van der Waals surface area contributed by atoms with Crippen LogP contribution in [0.1, 0.15) is 29.9 Å². The Hall–Kier alpha value is -1.92. The fraction of sp³-hybridized carbons (Fsp3) is 0.222. The minimum Gasteiger partial charge on any atom is -0.297 e. The highest BCUT2D eigenvalue weighted by atomic mass is 79.9. The summed E-state index contributed by atoms with van der Waals surface area (Å²) in [7, 11) is 0. The summed E-state index contributed by atoms with van der Waals surface area (Å²) in [5.41, 5.74) is 1.36. The van der Waals surface area contributed by atoms with Gasteiger partial charge in [-0.05, 0) is 36.1 Å². The Morgan fingerprint density at radius 2 is 1.71 bits per heavy atom. The van der Waals surface area contributed by atoms with Gasteiger partial charge in [-0.25, -0.2) is 0 Å². The Labute approximate surface area is 132 Å². The molecule has 1 saturated carbocycles. The molecule has 0 bridgehead atoms. The number of benzene rings is 2. The SMILES string of the molecule is N#CC(C(=O)C1(c2ccccc2)CC1)c1ccc(Br)cc1. The molecule has 3 rings (SSSR count). The van der Waals surface area contributed by atoms with E-state index in [1.54, 1.807) is 0 Å². The lowest BCUT2D eigenvalue weighted by Crippen LogP contribution is -2.26. The van der Waals surface area contributed by atoms with Crippen LogP contribution in [0.25, 0.3) is 0 Å². The van der Waals surface area contributed by atoms with E-state index in [0.29, 0.717) is 0 Å². The van der Waals surface area contributed by atoms with Gasteiger partial charge in [-0.3, -0.25) is 4.79 Å². The van der Waals surface area contributed by atoms with E-state index < -0.39 is 11.3 Å². The first-order chi connectivity index (χ1) is 10.2. The van der Waals surface area contributed by atoms with Gasteiger partial charge in [0.1, 0.15) is 5.92 Å². The molecule has 0 aromatic heterocycles. The molecule has 21 heavy (non-hydrogen) atoms. The number of hydrogen-bond acceptors (Lipinski definition) is 2. The Morgan fingerprint density at radius 3 is 2.24 bits per heavy atom. The van der Waals surface area contributed by atoms with Crippen molar-refractivity contribution in [3.8, 4) is 6.07 Å². The second-order valence-electron chi connectivity index (χ2n) is 5.43. The summed E-state index contributed by atoms with van der Waals surface area (Å²) in [6.45, 7) is 0. The van der Waals surface area contributed by atoms with Gasteiger partial charge in [0.2, 0.25) is 0 Å². The van der Waals surface area contributed by atoms with E-state index in [2.05, 4.69) is 22.0 Å². The third-order valence-corrected chi connectivity index (χ3v) is 4.67. The third kappa shape index (κ3) is 2.52. The molecule has 0 aliphatic heterocycles. The first kappa shape index (κ1) is 14.0. The molecule has 1 atom stereocenters. The van der Waals surface area contributed by atoms with Crippen LogP contribution in [0.4, 0.5) is 0 Å². The molecule has 1 unspecified atom stereocenters. The zero-order chi connectivity index (χ0) is 14.9. The van der Waals surface area contributed by atoms with Crippen molar-refractivity contribution in [3.05, 3.63) is 70.2 Å². The molecule has 2 nitrogen and oxygen atoms in total. The quantitative estimate of drug-likeness (QED) is 0.830. The number of halogens is 1. The van der Waals surface area contributed by atoms with E-state index in [4.69, 9.17) is 0 Å². The minimum atomic E-state index is -0.694. The van der Waals surface area contributed by atoms with E-state index in [-0.39, 0.29) is 5.78 Å². The second-order valence-corrected chi connectivity index (χ2v) is 6.34. The van der Waals surface area contributed by atoms with E-state index in [0.717, 1.165) is 28.4 Å². The van der Waals surface area contributed by atoms with Crippen LogP contribution < -0.4 is 0 Å². The molecule has 0 amide bonds. The maximum Gasteiger partial charge on any atom is 0.164 e. The molecule has 2 aromatic rings. The van der Waals surface area contributed by atoms with Crippen molar-refractivity contribution in [3.63, 3.8) is 0 Å². The summed E-state index contributed by atoms with van der Waals surface area (Å²) in [5, 5.41) is 9.47. The Balaban J connectivity index is 1.94. The van der Waals surface area contributed by atoms with E-state index >= 15 is 0 Å². The van der Waals surface area contributed by atoms with Crippen molar-refractivity contribution in [2.45, 2.75) is 24.2 Å². The first-order valence-corrected chi connectivity index (χ1v) is 7.71. The average Bonchev–Trinajstić information content (AvgIpc) is 3.32. The van der Waals surface area contributed by atoms with Crippen LogP contribution in [0.15, 0.2) is 59.1 Å². The second kappa shape index (κ2) is 5.46. The van der Waals surface area contributed by atoms with Gasteiger partial charge < -0.3 is 0 Å². The number of rotatable bonds is 4. The molecule has 1 fully saturated rings. The Kier molecular flexibility index (Phi) is 3.65. The molecular weight excluding hydrogens is 326 g/mol. The van der Waals surface area contributed by atoms with E-state index in [9.17, 15) is 10.1 Å². The summed E-state index contributed by atoms with van der Waals surface area (Å²) in [4.78, 5) is 12.9. The van der Waals surface area contributed by atoms with Gasteiger partial charge in [-0.15, -0.1) is 0 Å². The van der Waals surface area contributed by atoms with Crippen molar-refractivity contribution >= 4 is 21.7 Å². The zero-order valence-corrected chi connectivity index (χ0v) is 13.0. The van der Waals surface area contributed by atoms with Gasteiger partial charge in [0.25, 0.3) is 0 Å². The number of carbonyl (C=O) groups excluding carboxylic acids is 1. The van der Waals surface area contributed by atoms with Crippen LogP contribution in [0.3, 0.4) is 0 Å². The van der Waals surface area contributed by atoms with Crippen LogP contribution >= 0.6 is 15.9 Å². The zero-order valence-electron chi connectivity index (χ0n) is 11.4. The lowest BCUT2D eigenvalue weighted by atomic mass is 9.82. The molecule has 0 N–H and O–H groups in total. The summed E-state index contributed by atoms with van der Waals surface area (Å²) >= 11 is 3.37. The molecule has 1 aliphatic rings. The van der Waals surface area contributed by atoms with Crippen molar-refractivity contribution in [2.75, 3.05) is 0 Å². The van der Waals surface area contributed by atoms with Crippen molar-refractivity contribution in [1.82, 2.24) is 0 Å². The molecule has 3 heteroatoms. The van der Waals surface area contributed by atoms with Crippen molar-refractivity contribution in [2.24, 2.45) is 0 Å². The monoisotopic (exact) mass is 339 g/mol. The summed E-state index contributed by atoms with van der Waals surface area (Å²) in [6.07, 6.45) is 1.68. The standard InChI is InChI=1S/C18H14BrNO/c19-15-8-6-13(7-9-15)16(12-20)17(21)18(10-11-18)14-4-2-1-3-5-14/h1-9,16H,10-11H2. The number of Topliss-reactive ketones (excluding diaryl/α,β-unsaturated/α-hetero) is 1. The number of ketones is 1. The molecule has 0 saturated heterocycles. The normalized spacial score (nSPS) is 16.8. The Bertz CT molecular complexity index is 696. The minimum absolute atomic E-state index is 0.0264. The highest BCUT2D eigenvalue weighted by Gasteiger charge is 2.53. The van der Waals surface area contributed by atoms with Crippen LogP contribution in [0, 0.1) is 11.3 Å². The smallest absolute Gasteiger partial charge is 0.164 e. The fourth-order valence-electron chi connectivity index (χ4n) is 2.78. The largest absolute Gasteiger partial charge is 0.297 e. The van der Waals surface area contributed by atoms with Crippen LogP contribution in [-0.4, -0.2) is 5.78 Å². The van der Waals surface area contributed by atoms with Gasteiger partial charge in [0, 0.05) is 4.47 Å². The topological polar surface area (TPSA) is 40.9 Å². The number of carbonyl (C=O) groups is 1. The fourth-order valence-corrected chi connectivity index (χ4v) is 3.04. The maximum absolute atomic E-state index is 12.9. The molecule has 1 aliphatic carbocycles. The van der Waals surface area contributed by atoms with E-state index in [1.165, 1.54) is 0 Å². The van der Waals surface area contributed by atoms with Crippen molar-refractivity contribution < 1.29 is 4.79 Å². The average molecular weight is 340 g/mol. The van der Waals surface area contributed by atoms with Crippen LogP contribution in [0.5, 0.6) is 0 Å². The van der Waals surface area contributed by atoms with Crippen molar-refractivity contribution in [1.29, 1.82) is 5.26 Å². The van der Waals surface area contributed by atoms with Gasteiger partial charge in [0.05, 0.1) is 11.5 Å². The Morgan fingerprint density at radius 1 is 1.10 bits per heavy atom. The lowest BCUT2D eigenvalue weighted by molar-refractivity contribution is -0.121. The van der Waals surface area contributed by atoms with Gasteiger partial charge in [0.15, 0.2) is 5.78 Å². The lowest BCUT2D eigenvalue weighted by Gasteiger charge is -2.18. The van der Waals surface area contributed by atoms with Gasteiger partial charge in [-0.2, -0.15) is 5.26 Å². The number of nitrogens with zero attached hydrogens (tertiary/aromatic N) is 1. The molecule has 0 spiro atoms. The maximum atomic E-state index is 12.9. The van der Waals surface area contributed by atoms with Crippen LogP contribution in [-0.2, 0) is 10.2 Å². The summed E-state index contributed by atoms with van der Waals surface area (Å²) < 4.78 is 0.944. The molecular formula is C18H14BrNO. The first-order valence-electron chi connectivity index (χ1n) is 6.92. The molecule has 0 heterocycles. The van der Waals surface area contributed by atoms with Gasteiger partial charge >= 0.3 is 0 Å². The number of nitriles is 1. The summed E-state index contributed by atoms with van der Waals surface area (Å²) in [6, 6.07) is 19.4. The van der Waals surface area contributed by atoms with Crippen LogP contribution in [0.2, 0.25) is 0 Å². The predicted octanol–water partition coefficient (Wildman–Crippen LogP) is 4.36. The highest BCUT2D eigenvalue weighted by Crippen LogP contribution is 2.51. The van der Waals surface area contributed by atoms with Gasteiger partial charge in [-0.1, -0.05) is 58.4 Å². The molecule has 2 aromatic carbocycles. The molecule has 104 valence electrons. The number of hydrogen-bond donors (Lipinski definition) is 0. The summed E-state index contributed by atoms with van der Waals surface area (Å²) in [5.74, 6) is -0.667. The highest BCUT2D eigenvalue weighted by molar-refractivity contribution is 9.10. The predicted molar refractivity (Wildman–Crippen MR) is 84.9 cm³/mol. The van der Waals surface area contributed by atoms with E-state index in [1.807, 2.05) is 54.6 Å². The molecule has 0 radical (unpaired) electrons. The third-order valence-electron chi connectivity index (χ3n) is 4.14.